The highest BCUT2D eigenvalue weighted by Crippen LogP contribution is 2.19. The van der Waals surface area contributed by atoms with E-state index in [1.807, 2.05) is 6.92 Å². The maximum absolute atomic E-state index is 13.0. The van der Waals surface area contributed by atoms with Crippen molar-refractivity contribution in [3.8, 4) is 0 Å². The fourth-order valence-corrected chi connectivity index (χ4v) is 1.78. The summed E-state index contributed by atoms with van der Waals surface area (Å²) in [5.74, 6) is -0.292. The maximum atomic E-state index is 13.0. The van der Waals surface area contributed by atoms with Gasteiger partial charge in [-0.25, -0.2) is 4.39 Å². The van der Waals surface area contributed by atoms with Gasteiger partial charge in [0.05, 0.1) is 12.7 Å². The third kappa shape index (κ3) is 4.60. The molecule has 0 aliphatic heterocycles. The normalized spacial score (nSPS) is 12.8. The molecule has 1 N–H and O–H groups in total. The summed E-state index contributed by atoms with van der Waals surface area (Å²) in [6.45, 7) is 2.94. The molecule has 0 aliphatic rings. The first-order valence-corrected chi connectivity index (χ1v) is 6.12. The third-order valence-electron chi connectivity index (χ3n) is 2.12. The number of aliphatic hydroxyl groups excluding tert-OH is 1. The number of ether oxygens (including phenoxy) is 1. The van der Waals surface area contributed by atoms with Gasteiger partial charge in [-0.3, -0.25) is 0 Å². The molecule has 90 valence electrons. The molecule has 0 radical (unpaired) electrons. The van der Waals surface area contributed by atoms with Crippen molar-refractivity contribution in [3.05, 3.63) is 34.1 Å². The van der Waals surface area contributed by atoms with Crippen LogP contribution in [0, 0.1) is 5.82 Å². The summed E-state index contributed by atoms with van der Waals surface area (Å²) >= 11 is 3.32. The van der Waals surface area contributed by atoms with E-state index >= 15 is 0 Å². The smallest absolute Gasteiger partial charge is 0.123 e. The largest absolute Gasteiger partial charge is 0.390 e. The van der Waals surface area contributed by atoms with E-state index in [-0.39, 0.29) is 12.4 Å². The van der Waals surface area contributed by atoms with Gasteiger partial charge in [0, 0.05) is 17.5 Å². The monoisotopic (exact) mass is 290 g/mol. The Morgan fingerprint density at radius 1 is 1.50 bits per heavy atom. The molecule has 0 amide bonds. The minimum Gasteiger partial charge on any atom is -0.390 e. The zero-order valence-electron chi connectivity index (χ0n) is 9.25. The first kappa shape index (κ1) is 13.6. The zero-order chi connectivity index (χ0) is 12.0. The van der Waals surface area contributed by atoms with E-state index in [0.717, 1.165) is 16.5 Å². The molecular weight excluding hydrogens is 275 g/mol. The van der Waals surface area contributed by atoms with E-state index in [1.165, 1.54) is 12.1 Å². The number of hydrogen-bond donors (Lipinski definition) is 1. The second kappa shape index (κ2) is 6.99. The van der Waals surface area contributed by atoms with Gasteiger partial charge in [-0.05, 0) is 30.2 Å². The molecule has 0 aromatic heterocycles. The molecule has 0 aliphatic carbocycles. The quantitative estimate of drug-likeness (QED) is 0.817. The first-order chi connectivity index (χ1) is 7.63. The second-order valence-corrected chi connectivity index (χ2v) is 4.52. The van der Waals surface area contributed by atoms with Gasteiger partial charge in [0.15, 0.2) is 0 Å². The first-order valence-electron chi connectivity index (χ1n) is 5.33. The summed E-state index contributed by atoms with van der Waals surface area (Å²) in [4.78, 5) is 0. The van der Waals surface area contributed by atoms with Crippen LogP contribution in [0.2, 0.25) is 0 Å². The summed E-state index contributed by atoms with van der Waals surface area (Å²) in [5, 5.41) is 9.68. The second-order valence-electron chi connectivity index (χ2n) is 3.67. The van der Waals surface area contributed by atoms with Gasteiger partial charge in [0.1, 0.15) is 5.82 Å². The third-order valence-corrected chi connectivity index (χ3v) is 2.90. The summed E-state index contributed by atoms with van der Waals surface area (Å²) in [6.07, 6.45) is 0.725. The van der Waals surface area contributed by atoms with E-state index in [9.17, 15) is 9.50 Å². The molecule has 0 saturated heterocycles. The Bertz CT molecular complexity index is 331. The van der Waals surface area contributed by atoms with Crippen LogP contribution >= 0.6 is 15.9 Å². The Morgan fingerprint density at radius 3 is 2.94 bits per heavy atom. The minimum absolute atomic E-state index is 0.288. The summed E-state index contributed by atoms with van der Waals surface area (Å²) < 4.78 is 19.0. The lowest BCUT2D eigenvalue weighted by Gasteiger charge is -2.12. The van der Waals surface area contributed by atoms with Crippen LogP contribution in [0.1, 0.15) is 18.9 Å². The van der Waals surface area contributed by atoms with Crippen molar-refractivity contribution in [3.63, 3.8) is 0 Å². The zero-order valence-corrected chi connectivity index (χ0v) is 10.8. The standard InChI is InChI=1S/C12H16BrFO2/c1-2-5-16-8-11(15)7-9-6-10(14)3-4-12(9)13/h3-4,6,11,15H,2,5,7-8H2,1H3. The highest BCUT2D eigenvalue weighted by Gasteiger charge is 2.09. The van der Waals surface area contributed by atoms with Crippen LogP contribution < -0.4 is 0 Å². The van der Waals surface area contributed by atoms with Crippen LogP contribution in [-0.4, -0.2) is 24.4 Å². The van der Waals surface area contributed by atoms with Crippen molar-refractivity contribution >= 4 is 15.9 Å². The molecule has 0 spiro atoms. The Kier molecular flexibility index (Phi) is 5.95. The van der Waals surface area contributed by atoms with Crippen LogP contribution in [0.5, 0.6) is 0 Å². The average Bonchev–Trinajstić information content (AvgIpc) is 2.24. The fraction of sp³-hybridized carbons (Fsp3) is 0.500. The van der Waals surface area contributed by atoms with E-state index in [2.05, 4.69) is 15.9 Å². The van der Waals surface area contributed by atoms with Crippen molar-refractivity contribution in [2.45, 2.75) is 25.9 Å². The average molecular weight is 291 g/mol. The molecule has 1 aromatic carbocycles. The van der Waals surface area contributed by atoms with Gasteiger partial charge in [0.2, 0.25) is 0 Å². The molecular formula is C12H16BrFO2. The van der Waals surface area contributed by atoms with Gasteiger partial charge in [-0.15, -0.1) is 0 Å². The Hall–Kier alpha value is -0.450. The number of benzene rings is 1. The SMILES string of the molecule is CCCOCC(O)Cc1cc(F)ccc1Br. The molecule has 0 bridgehead atoms. The molecule has 4 heteroatoms. The summed E-state index contributed by atoms with van der Waals surface area (Å²) in [5.41, 5.74) is 0.757. The Labute approximate surface area is 104 Å². The Morgan fingerprint density at radius 2 is 2.25 bits per heavy atom. The number of aliphatic hydroxyl groups is 1. The highest BCUT2D eigenvalue weighted by atomic mass is 79.9. The lowest BCUT2D eigenvalue weighted by molar-refractivity contribution is 0.0373. The fourth-order valence-electron chi connectivity index (χ4n) is 1.38. The van der Waals surface area contributed by atoms with Gasteiger partial charge < -0.3 is 9.84 Å². The highest BCUT2D eigenvalue weighted by molar-refractivity contribution is 9.10. The van der Waals surface area contributed by atoms with Gasteiger partial charge in [-0.1, -0.05) is 22.9 Å². The number of halogens is 2. The van der Waals surface area contributed by atoms with Crippen molar-refractivity contribution in [1.82, 2.24) is 0 Å². The lowest BCUT2D eigenvalue weighted by Crippen LogP contribution is -2.18. The predicted molar refractivity (Wildman–Crippen MR) is 64.9 cm³/mol. The molecule has 0 fully saturated rings. The van der Waals surface area contributed by atoms with Gasteiger partial charge in [-0.2, -0.15) is 0 Å². The van der Waals surface area contributed by atoms with E-state index < -0.39 is 6.10 Å². The predicted octanol–water partition coefficient (Wildman–Crippen LogP) is 2.92. The minimum atomic E-state index is -0.593. The lowest BCUT2D eigenvalue weighted by atomic mass is 10.1. The number of hydrogen-bond acceptors (Lipinski definition) is 2. The Balaban J connectivity index is 2.48. The molecule has 16 heavy (non-hydrogen) atoms. The van der Waals surface area contributed by atoms with Gasteiger partial charge >= 0.3 is 0 Å². The molecule has 1 unspecified atom stereocenters. The summed E-state index contributed by atoms with van der Waals surface area (Å²) in [7, 11) is 0. The molecule has 1 atom stereocenters. The van der Waals surface area contributed by atoms with Crippen molar-refractivity contribution < 1.29 is 14.2 Å². The summed E-state index contributed by atoms with van der Waals surface area (Å²) in [6, 6.07) is 4.45. The van der Waals surface area contributed by atoms with E-state index in [1.54, 1.807) is 6.07 Å². The molecule has 1 rings (SSSR count). The van der Waals surface area contributed by atoms with E-state index in [4.69, 9.17) is 4.74 Å². The van der Waals surface area contributed by atoms with Crippen molar-refractivity contribution in [2.75, 3.05) is 13.2 Å². The maximum Gasteiger partial charge on any atom is 0.123 e. The van der Waals surface area contributed by atoms with Crippen LogP contribution in [0.4, 0.5) is 4.39 Å². The van der Waals surface area contributed by atoms with Crippen LogP contribution in [-0.2, 0) is 11.2 Å². The number of rotatable bonds is 6. The van der Waals surface area contributed by atoms with Crippen LogP contribution in [0.3, 0.4) is 0 Å². The molecule has 0 heterocycles. The van der Waals surface area contributed by atoms with Crippen molar-refractivity contribution in [2.24, 2.45) is 0 Å². The molecule has 1 aromatic rings. The molecule has 0 saturated carbocycles. The topological polar surface area (TPSA) is 29.5 Å². The molecule has 2 nitrogen and oxygen atoms in total. The van der Waals surface area contributed by atoms with Crippen LogP contribution in [0.25, 0.3) is 0 Å². The van der Waals surface area contributed by atoms with E-state index in [0.29, 0.717) is 13.0 Å². The van der Waals surface area contributed by atoms with Gasteiger partial charge in [0.25, 0.3) is 0 Å². The van der Waals surface area contributed by atoms with Crippen LogP contribution in [0.15, 0.2) is 22.7 Å². The van der Waals surface area contributed by atoms with Crippen molar-refractivity contribution in [1.29, 1.82) is 0 Å².